The SMILES string of the molecule is C[Si](C)(C)[N-][Si](C)(C)C.[Na+].[Na+].[SH-]. The van der Waals surface area contributed by atoms with E-state index in [0.29, 0.717) is 0 Å². The smallest absolute Gasteiger partial charge is 0.813 e. The normalized spacial score (nSPS) is 10.5. The van der Waals surface area contributed by atoms with Gasteiger partial charge < -0.3 is 18.1 Å². The Balaban J connectivity index is -0.000000107. The van der Waals surface area contributed by atoms with E-state index in [1.54, 1.807) is 0 Å². The van der Waals surface area contributed by atoms with Crippen molar-refractivity contribution in [2.45, 2.75) is 39.3 Å². The van der Waals surface area contributed by atoms with Crippen LogP contribution < -0.4 is 59.1 Å². The van der Waals surface area contributed by atoms with E-state index in [1.807, 2.05) is 0 Å². The van der Waals surface area contributed by atoms with Crippen LogP contribution >= 0.6 is 0 Å². The molecule has 0 aromatic heterocycles. The van der Waals surface area contributed by atoms with Crippen LogP contribution in [0.15, 0.2) is 0 Å². The molecule has 0 aromatic rings. The van der Waals surface area contributed by atoms with Crippen LogP contribution in [0, 0.1) is 0 Å². The summed E-state index contributed by atoms with van der Waals surface area (Å²) in [6, 6.07) is 0. The molecule has 0 radical (unpaired) electrons. The second kappa shape index (κ2) is 9.01. The van der Waals surface area contributed by atoms with Crippen molar-refractivity contribution in [3.8, 4) is 0 Å². The van der Waals surface area contributed by atoms with Gasteiger partial charge in [-0.1, -0.05) is 55.8 Å². The fourth-order valence-corrected chi connectivity index (χ4v) is 9.06. The van der Waals surface area contributed by atoms with Gasteiger partial charge in [0.2, 0.25) is 0 Å². The molecule has 0 saturated heterocycles. The first-order valence-electron chi connectivity index (χ1n) is 3.45. The average Bonchev–Trinajstić information content (AvgIpc) is 1.14. The van der Waals surface area contributed by atoms with Crippen molar-refractivity contribution in [3.63, 3.8) is 0 Å². The Morgan fingerprint density at radius 2 is 0.833 bits per heavy atom. The summed E-state index contributed by atoms with van der Waals surface area (Å²) in [4.78, 5) is 0. The van der Waals surface area contributed by atoms with E-state index < -0.39 is 16.5 Å². The maximum Gasteiger partial charge on any atom is 1.00 e. The summed E-state index contributed by atoms with van der Waals surface area (Å²) in [6.07, 6.45) is 0. The first kappa shape index (κ1) is 24.1. The molecule has 0 spiro atoms. The van der Waals surface area contributed by atoms with E-state index in [1.165, 1.54) is 0 Å². The Bertz CT molecular complexity index is 88.7. The fraction of sp³-hybridized carbons (Fsp3) is 1.00. The zero-order valence-corrected chi connectivity index (χ0v) is 16.8. The zero-order chi connectivity index (χ0) is 7.71. The van der Waals surface area contributed by atoms with Gasteiger partial charge in [-0.25, -0.2) is 0 Å². The summed E-state index contributed by atoms with van der Waals surface area (Å²) in [5.41, 5.74) is 0. The average molecular weight is 239 g/mol. The standard InChI is InChI=1S/C6H18NSi2.2Na.H2S/c1-8(2,3)7-9(4,5)6;;;/h1-6H3;;;1H2/q-1;2*+1;/p-1. The molecule has 0 N–H and O–H groups in total. The molecule has 0 bridgehead atoms. The third-order valence-corrected chi connectivity index (χ3v) is 6.04. The number of hydrogen-bond acceptors (Lipinski definition) is 1. The summed E-state index contributed by atoms with van der Waals surface area (Å²) < 4.78 is 4.82. The van der Waals surface area contributed by atoms with Gasteiger partial charge in [0.15, 0.2) is 0 Å². The van der Waals surface area contributed by atoms with E-state index in [2.05, 4.69) is 39.3 Å². The van der Waals surface area contributed by atoms with E-state index in [0.717, 1.165) is 0 Å². The van der Waals surface area contributed by atoms with Gasteiger partial charge in [-0.05, 0) is 0 Å². The van der Waals surface area contributed by atoms with Crippen LogP contribution in [0.25, 0.3) is 4.65 Å². The largest absolute Gasteiger partial charge is 1.00 e. The molecule has 1 nitrogen and oxygen atoms in total. The summed E-state index contributed by atoms with van der Waals surface area (Å²) in [7, 11) is -2.21. The second-order valence-electron chi connectivity index (χ2n) is 4.45. The molecule has 0 aliphatic carbocycles. The van der Waals surface area contributed by atoms with Gasteiger partial charge in [-0.15, -0.1) is 0 Å². The molecule has 0 aromatic carbocycles. The minimum Gasteiger partial charge on any atom is -0.813 e. The fourth-order valence-electron chi connectivity index (χ4n) is 1.01. The molecule has 6 heteroatoms. The molecule has 64 valence electrons. The molecule has 0 saturated carbocycles. The number of thiol groups is 1. The van der Waals surface area contributed by atoms with Gasteiger partial charge in [-0.2, -0.15) is 0 Å². The first-order valence-corrected chi connectivity index (χ1v) is 10.3. The molecule has 0 fully saturated rings. The van der Waals surface area contributed by atoms with Crippen molar-refractivity contribution >= 4 is 30.0 Å². The molecule has 0 unspecified atom stereocenters. The summed E-state index contributed by atoms with van der Waals surface area (Å²) >= 11 is 0. The molecule has 0 heterocycles. The molecule has 0 rings (SSSR count). The van der Waals surface area contributed by atoms with Crippen LogP contribution in [0.5, 0.6) is 0 Å². The van der Waals surface area contributed by atoms with Crippen LogP contribution in [0.3, 0.4) is 0 Å². The monoisotopic (exact) mass is 239 g/mol. The van der Waals surface area contributed by atoms with Crippen LogP contribution in [-0.4, -0.2) is 16.5 Å². The Hall–Kier alpha value is 2.74. The molecule has 0 amide bonds. The predicted molar refractivity (Wildman–Crippen MR) is 58.8 cm³/mol. The molecule has 0 aliphatic heterocycles. The van der Waals surface area contributed by atoms with E-state index in [9.17, 15) is 0 Å². The van der Waals surface area contributed by atoms with Crippen molar-refractivity contribution in [1.29, 1.82) is 0 Å². The minimum atomic E-state index is -1.11. The maximum absolute atomic E-state index is 4.82. The Morgan fingerprint density at radius 3 is 0.833 bits per heavy atom. The Morgan fingerprint density at radius 1 is 0.667 bits per heavy atom. The van der Waals surface area contributed by atoms with Crippen LogP contribution in [0.4, 0.5) is 0 Å². The third kappa shape index (κ3) is 23.0. The van der Waals surface area contributed by atoms with E-state index in [4.69, 9.17) is 4.65 Å². The Labute approximate surface area is 131 Å². The van der Waals surface area contributed by atoms with Crippen molar-refractivity contribution in [1.82, 2.24) is 0 Å². The Kier molecular flexibility index (Phi) is 18.1. The van der Waals surface area contributed by atoms with Gasteiger partial charge >= 0.3 is 59.1 Å². The van der Waals surface area contributed by atoms with Gasteiger partial charge in [-0.3, -0.25) is 0 Å². The van der Waals surface area contributed by atoms with E-state index >= 15 is 0 Å². The number of nitrogens with zero attached hydrogens (tertiary/aromatic N) is 1. The summed E-state index contributed by atoms with van der Waals surface area (Å²) in [5, 5.41) is 0. The topological polar surface area (TPSA) is 14.1 Å². The quantitative estimate of drug-likeness (QED) is 0.281. The summed E-state index contributed by atoms with van der Waals surface area (Å²) in [5.74, 6) is 0. The molecule has 0 aliphatic rings. The van der Waals surface area contributed by atoms with Crippen molar-refractivity contribution in [3.05, 3.63) is 4.65 Å². The van der Waals surface area contributed by atoms with E-state index in [-0.39, 0.29) is 72.6 Å². The molecular formula is C6H19NNa2SSi2. The van der Waals surface area contributed by atoms with Crippen molar-refractivity contribution < 1.29 is 59.1 Å². The number of hydrogen-bond donors (Lipinski definition) is 0. The van der Waals surface area contributed by atoms with Crippen molar-refractivity contribution in [2.75, 3.05) is 0 Å². The van der Waals surface area contributed by atoms with Crippen LogP contribution in [0.2, 0.25) is 39.3 Å². The molecular weight excluding hydrogens is 220 g/mol. The van der Waals surface area contributed by atoms with Crippen LogP contribution in [-0.2, 0) is 13.5 Å². The zero-order valence-electron chi connectivity index (χ0n) is 9.89. The van der Waals surface area contributed by atoms with Gasteiger partial charge in [0.25, 0.3) is 0 Å². The second-order valence-corrected chi connectivity index (χ2v) is 14.0. The number of rotatable bonds is 2. The van der Waals surface area contributed by atoms with Gasteiger partial charge in [0.05, 0.1) is 0 Å². The molecule has 0 atom stereocenters. The predicted octanol–water partition coefficient (Wildman–Crippen LogP) is -3.23. The van der Waals surface area contributed by atoms with Crippen LogP contribution in [0.1, 0.15) is 0 Å². The molecule has 12 heavy (non-hydrogen) atoms. The minimum absolute atomic E-state index is 0. The first-order chi connectivity index (χ1) is 3.71. The summed E-state index contributed by atoms with van der Waals surface area (Å²) in [6.45, 7) is 13.8. The maximum atomic E-state index is 4.82. The van der Waals surface area contributed by atoms with Crippen molar-refractivity contribution in [2.24, 2.45) is 0 Å². The van der Waals surface area contributed by atoms with Gasteiger partial charge in [0.1, 0.15) is 0 Å². The van der Waals surface area contributed by atoms with Gasteiger partial charge in [0, 0.05) is 0 Å². The third-order valence-electron chi connectivity index (χ3n) is 0.671.